The Morgan fingerprint density at radius 3 is 2.63 bits per heavy atom. The number of aromatic nitrogens is 4. The summed E-state index contributed by atoms with van der Waals surface area (Å²) in [6.45, 7) is 4.97. The Morgan fingerprint density at radius 2 is 2.03 bits per heavy atom. The van der Waals surface area contributed by atoms with E-state index in [0.717, 1.165) is 36.9 Å². The maximum Gasteiger partial charge on any atom is 0.270 e. The third-order valence-electron chi connectivity index (χ3n) is 5.72. The highest BCUT2D eigenvalue weighted by Crippen LogP contribution is 2.25. The summed E-state index contributed by atoms with van der Waals surface area (Å²) in [4.78, 5) is 35.1. The normalized spacial score (nSPS) is 15.8. The molecule has 1 aliphatic heterocycles. The predicted molar refractivity (Wildman–Crippen MR) is 114 cm³/mol. The number of halogens is 1. The molecule has 9 nitrogen and oxygen atoms in total. The lowest BCUT2D eigenvalue weighted by molar-refractivity contribution is -0.134. The van der Waals surface area contributed by atoms with E-state index in [4.69, 9.17) is 17.3 Å². The van der Waals surface area contributed by atoms with Gasteiger partial charge in [-0.05, 0) is 63.1 Å². The molecule has 1 unspecified atom stereocenters. The molecule has 3 heterocycles. The van der Waals surface area contributed by atoms with Crippen molar-refractivity contribution in [2.24, 2.45) is 13.0 Å². The number of nitrogens with zero attached hydrogens (tertiary/aromatic N) is 5. The van der Waals surface area contributed by atoms with Crippen LogP contribution in [0, 0.1) is 12.8 Å². The molecule has 1 aliphatic rings. The van der Waals surface area contributed by atoms with Gasteiger partial charge in [-0.2, -0.15) is 5.10 Å². The van der Waals surface area contributed by atoms with Crippen molar-refractivity contribution in [3.8, 4) is 0 Å². The first kappa shape index (κ1) is 22.0. The average molecular weight is 434 g/mol. The summed E-state index contributed by atoms with van der Waals surface area (Å²) in [6.07, 6.45) is 5.15. The van der Waals surface area contributed by atoms with Crippen LogP contribution in [0.5, 0.6) is 0 Å². The van der Waals surface area contributed by atoms with Crippen molar-refractivity contribution in [2.75, 3.05) is 18.8 Å². The molecule has 0 bridgehead atoms. The Hall–Kier alpha value is -2.68. The highest BCUT2D eigenvalue weighted by atomic mass is 35.5. The Bertz CT molecular complexity index is 899. The third-order valence-corrected chi connectivity index (χ3v) is 5.89. The summed E-state index contributed by atoms with van der Waals surface area (Å²) in [5, 5.41) is 6.92. The largest absolute Gasteiger partial charge is 0.383 e. The van der Waals surface area contributed by atoms with Crippen LogP contribution in [0.3, 0.4) is 0 Å². The summed E-state index contributed by atoms with van der Waals surface area (Å²) < 4.78 is 1.48. The second-order valence-electron chi connectivity index (χ2n) is 7.78. The highest BCUT2D eigenvalue weighted by Gasteiger charge is 2.27. The third kappa shape index (κ3) is 5.08. The number of hydrogen-bond acceptors (Lipinski definition) is 6. The minimum absolute atomic E-state index is 0.0600. The zero-order valence-electron chi connectivity index (χ0n) is 17.6. The van der Waals surface area contributed by atoms with E-state index in [1.54, 1.807) is 26.2 Å². The van der Waals surface area contributed by atoms with Crippen LogP contribution in [0.25, 0.3) is 0 Å². The topological polar surface area (TPSA) is 119 Å². The number of carbonyl (C=O) groups is 2. The Kier molecular flexibility index (Phi) is 6.91. The van der Waals surface area contributed by atoms with Crippen LogP contribution in [0.1, 0.15) is 47.9 Å². The molecule has 0 saturated carbocycles. The summed E-state index contributed by atoms with van der Waals surface area (Å²) in [6, 6.07) is 1.04. The number of nitrogens with one attached hydrogen (secondary N) is 1. The molecule has 0 radical (unpaired) electrons. The van der Waals surface area contributed by atoms with Gasteiger partial charge in [-0.25, -0.2) is 9.97 Å². The number of nitrogen functional groups attached to an aromatic ring is 1. The molecule has 1 atom stereocenters. The van der Waals surface area contributed by atoms with E-state index < -0.39 is 6.04 Å². The average Bonchev–Trinajstić information content (AvgIpc) is 3.13. The number of piperidine rings is 1. The molecule has 10 heteroatoms. The van der Waals surface area contributed by atoms with Gasteiger partial charge in [0.2, 0.25) is 11.2 Å². The second kappa shape index (κ2) is 9.42. The van der Waals surface area contributed by atoms with Crippen molar-refractivity contribution in [3.05, 3.63) is 34.5 Å². The van der Waals surface area contributed by atoms with Crippen LogP contribution >= 0.6 is 11.6 Å². The molecule has 162 valence electrons. The Labute approximate surface area is 181 Å². The molecule has 0 aliphatic carbocycles. The van der Waals surface area contributed by atoms with E-state index >= 15 is 0 Å². The van der Waals surface area contributed by atoms with Gasteiger partial charge in [0.1, 0.15) is 17.6 Å². The predicted octanol–water partition coefficient (Wildman–Crippen LogP) is 1.74. The number of likely N-dealkylation sites (tertiary alicyclic amines) is 1. The van der Waals surface area contributed by atoms with Crippen molar-refractivity contribution in [2.45, 2.75) is 45.6 Å². The molecule has 0 aromatic carbocycles. The van der Waals surface area contributed by atoms with Gasteiger partial charge in [0, 0.05) is 37.6 Å². The molecule has 30 heavy (non-hydrogen) atoms. The number of rotatable bonds is 6. The lowest BCUT2D eigenvalue weighted by Gasteiger charge is -2.33. The fourth-order valence-electron chi connectivity index (χ4n) is 3.89. The quantitative estimate of drug-likeness (QED) is 0.669. The van der Waals surface area contributed by atoms with Crippen LogP contribution in [-0.2, 0) is 18.3 Å². The summed E-state index contributed by atoms with van der Waals surface area (Å²) in [5.41, 5.74) is 8.18. The van der Waals surface area contributed by atoms with Crippen LogP contribution in [0.4, 0.5) is 5.82 Å². The van der Waals surface area contributed by atoms with Crippen LogP contribution in [-0.4, -0.2) is 55.6 Å². The molecule has 3 N–H and O–H groups in total. The van der Waals surface area contributed by atoms with Crippen molar-refractivity contribution < 1.29 is 9.59 Å². The van der Waals surface area contributed by atoms with Crippen LogP contribution < -0.4 is 11.1 Å². The van der Waals surface area contributed by atoms with Gasteiger partial charge in [0.25, 0.3) is 5.91 Å². The van der Waals surface area contributed by atoms with E-state index in [1.807, 2.05) is 11.8 Å². The number of aryl methyl sites for hydroxylation is 2. The van der Waals surface area contributed by atoms with Gasteiger partial charge in [0.15, 0.2) is 0 Å². The number of hydrogen-bond donors (Lipinski definition) is 2. The maximum absolute atomic E-state index is 12.7. The Balaban J connectivity index is 1.47. The zero-order chi connectivity index (χ0) is 21.8. The minimum atomic E-state index is -0.586. The molecular weight excluding hydrogens is 406 g/mol. The Morgan fingerprint density at radius 1 is 1.33 bits per heavy atom. The van der Waals surface area contributed by atoms with Crippen molar-refractivity contribution in [1.29, 1.82) is 0 Å². The monoisotopic (exact) mass is 433 g/mol. The van der Waals surface area contributed by atoms with Gasteiger partial charge in [-0.1, -0.05) is 0 Å². The maximum atomic E-state index is 12.7. The molecule has 0 spiro atoms. The zero-order valence-corrected chi connectivity index (χ0v) is 18.3. The van der Waals surface area contributed by atoms with Crippen molar-refractivity contribution in [1.82, 2.24) is 30.0 Å². The summed E-state index contributed by atoms with van der Waals surface area (Å²) in [5.74, 6) is 0.583. The molecular formula is C20H28ClN7O2. The standard InChI is InChI=1S/C20H28ClN7O2/c1-12-15(17(22)26-20(21)25-12)5-4-14-7-10-28(11-8-14)19(30)13(2)24-18(29)16-6-9-23-27(16)3/h6,9,13-14H,4-5,7-8,10-11H2,1-3H3,(H,24,29)(H2,22,25,26). The minimum Gasteiger partial charge on any atom is -0.383 e. The van der Waals surface area contributed by atoms with E-state index in [9.17, 15) is 9.59 Å². The van der Waals surface area contributed by atoms with E-state index in [2.05, 4.69) is 20.4 Å². The van der Waals surface area contributed by atoms with Crippen molar-refractivity contribution >= 4 is 29.2 Å². The first-order valence-electron chi connectivity index (χ1n) is 10.1. The van der Waals surface area contributed by atoms with Gasteiger partial charge in [-0.3, -0.25) is 14.3 Å². The summed E-state index contributed by atoms with van der Waals surface area (Å²) >= 11 is 5.84. The van der Waals surface area contributed by atoms with E-state index in [-0.39, 0.29) is 17.1 Å². The fraction of sp³-hybridized carbons (Fsp3) is 0.550. The van der Waals surface area contributed by atoms with Gasteiger partial charge >= 0.3 is 0 Å². The number of anilines is 1. The van der Waals surface area contributed by atoms with Crippen molar-refractivity contribution in [3.63, 3.8) is 0 Å². The molecule has 3 rings (SSSR count). The molecule has 1 fully saturated rings. The molecule has 2 aromatic rings. The van der Waals surface area contributed by atoms with Gasteiger partial charge < -0.3 is 16.0 Å². The lowest BCUT2D eigenvalue weighted by atomic mass is 9.90. The first-order valence-corrected chi connectivity index (χ1v) is 10.5. The SMILES string of the molecule is Cc1nc(Cl)nc(N)c1CCC1CCN(C(=O)C(C)NC(=O)c2ccnn2C)CC1. The van der Waals surface area contributed by atoms with Crippen LogP contribution in [0.15, 0.2) is 12.3 Å². The first-order chi connectivity index (χ1) is 14.3. The van der Waals surface area contributed by atoms with Crippen LogP contribution in [0.2, 0.25) is 5.28 Å². The number of nitrogens with two attached hydrogens (primary N) is 1. The summed E-state index contributed by atoms with van der Waals surface area (Å²) in [7, 11) is 1.69. The van der Waals surface area contributed by atoms with E-state index in [1.165, 1.54) is 4.68 Å². The molecule has 1 saturated heterocycles. The lowest BCUT2D eigenvalue weighted by Crippen LogP contribution is -2.49. The fourth-order valence-corrected chi connectivity index (χ4v) is 4.10. The second-order valence-corrected chi connectivity index (χ2v) is 8.12. The number of amides is 2. The molecule has 2 amide bonds. The van der Waals surface area contributed by atoms with Gasteiger partial charge in [0.05, 0.1) is 0 Å². The van der Waals surface area contributed by atoms with E-state index in [0.29, 0.717) is 30.5 Å². The highest BCUT2D eigenvalue weighted by molar-refractivity contribution is 6.28. The van der Waals surface area contributed by atoms with Gasteiger partial charge in [-0.15, -0.1) is 0 Å². The number of carbonyl (C=O) groups excluding carboxylic acids is 2. The smallest absolute Gasteiger partial charge is 0.270 e. The molecule has 2 aromatic heterocycles.